The second kappa shape index (κ2) is 7.48. The number of sulfone groups is 1. The van der Waals surface area contributed by atoms with Crippen molar-refractivity contribution in [1.82, 2.24) is 0 Å². The molecule has 0 amide bonds. The number of nitrogens with zero attached hydrogens (tertiary/aromatic N) is 1. The Morgan fingerprint density at radius 3 is 2.30 bits per heavy atom. The number of aryl methyl sites for hydroxylation is 1. The number of fused-ring (bicyclic) bond motifs is 1. The predicted molar refractivity (Wildman–Crippen MR) is 107 cm³/mol. The molecular formula is C21H21NO4S. The van der Waals surface area contributed by atoms with E-state index in [1.54, 1.807) is 60.7 Å². The monoisotopic (exact) mass is 383 g/mol. The minimum Gasteiger partial charge on any atom is -0.258 e. The van der Waals surface area contributed by atoms with Crippen LogP contribution in [0, 0.1) is 17.0 Å². The Labute approximate surface area is 158 Å². The van der Waals surface area contributed by atoms with Crippen LogP contribution in [0.5, 0.6) is 0 Å². The summed E-state index contributed by atoms with van der Waals surface area (Å²) in [6.45, 7) is 3.76. The Bertz CT molecular complexity index is 1090. The smallest absolute Gasteiger partial charge is 0.258 e. The molecule has 0 radical (unpaired) electrons. The van der Waals surface area contributed by atoms with E-state index in [-0.39, 0.29) is 16.1 Å². The van der Waals surface area contributed by atoms with Gasteiger partial charge in [-0.2, -0.15) is 0 Å². The van der Waals surface area contributed by atoms with Gasteiger partial charge < -0.3 is 0 Å². The van der Waals surface area contributed by atoms with E-state index < -0.39 is 20.0 Å². The van der Waals surface area contributed by atoms with Crippen molar-refractivity contribution in [2.24, 2.45) is 0 Å². The van der Waals surface area contributed by atoms with Gasteiger partial charge >= 0.3 is 0 Å². The van der Waals surface area contributed by atoms with Crippen LogP contribution >= 0.6 is 0 Å². The minimum atomic E-state index is -3.76. The molecule has 0 saturated carbocycles. The van der Waals surface area contributed by atoms with Crippen molar-refractivity contribution in [2.75, 3.05) is 0 Å². The fourth-order valence-electron chi connectivity index (χ4n) is 3.37. The SMILES string of the molecule is CCCC(c1ccc2ccccc2c1[N+](=O)[O-])S(=O)(=O)c1ccc(C)cc1. The van der Waals surface area contributed by atoms with Crippen LogP contribution < -0.4 is 0 Å². The van der Waals surface area contributed by atoms with Crippen LogP contribution in [0.15, 0.2) is 65.6 Å². The van der Waals surface area contributed by atoms with E-state index in [1.807, 2.05) is 13.8 Å². The number of nitro benzene ring substituents is 1. The van der Waals surface area contributed by atoms with Gasteiger partial charge in [0.2, 0.25) is 0 Å². The van der Waals surface area contributed by atoms with Crippen molar-refractivity contribution in [3.63, 3.8) is 0 Å². The zero-order valence-corrected chi connectivity index (χ0v) is 16.1. The lowest BCUT2D eigenvalue weighted by Crippen LogP contribution is -2.15. The number of hydrogen-bond acceptors (Lipinski definition) is 4. The van der Waals surface area contributed by atoms with E-state index >= 15 is 0 Å². The van der Waals surface area contributed by atoms with Crippen molar-refractivity contribution >= 4 is 26.3 Å². The second-order valence-corrected chi connectivity index (χ2v) is 8.75. The third kappa shape index (κ3) is 3.57. The van der Waals surface area contributed by atoms with Crippen LogP contribution in [0.3, 0.4) is 0 Å². The molecule has 3 aromatic carbocycles. The standard InChI is InChI=1S/C21H21NO4S/c1-3-6-20(27(25,26)17-12-9-15(2)10-13-17)19-14-11-16-7-4-5-8-18(16)21(19)22(23)24/h4-5,7-14,20H,3,6H2,1-2H3. The highest BCUT2D eigenvalue weighted by molar-refractivity contribution is 7.91. The molecule has 0 N–H and O–H groups in total. The summed E-state index contributed by atoms with van der Waals surface area (Å²) in [6.07, 6.45) is 0.912. The summed E-state index contributed by atoms with van der Waals surface area (Å²) >= 11 is 0. The lowest BCUT2D eigenvalue weighted by Gasteiger charge is -2.19. The average molecular weight is 383 g/mol. The Morgan fingerprint density at radius 1 is 1.00 bits per heavy atom. The van der Waals surface area contributed by atoms with E-state index in [0.29, 0.717) is 18.2 Å². The average Bonchev–Trinajstić information content (AvgIpc) is 2.65. The molecule has 27 heavy (non-hydrogen) atoms. The molecule has 0 bridgehead atoms. The van der Waals surface area contributed by atoms with Gasteiger partial charge in [-0.1, -0.05) is 61.4 Å². The normalized spacial score (nSPS) is 12.8. The van der Waals surface area contributed by atoms with Crippen molar-refractivity contribution in [3.05, 3.63) is 81.9 Å². The van der Waals surface area contributed by atoms with Gasteiger partial charge in [0.15, 0.2) is 9.84 Å². The lowest BCUT2D eigenvalue weighted by molar-refractivity contribution is -0.383. The molecule has 6 heteroatoms. The van der Waals surface area contributed by atoms with Crippen LogP contribution in [0.1, 0.15) is 36.1 Å². The summed E-state index contributed by atoms with van der Waals surface area (Å²) in [7, 11) is -3.76. The summed E-state index contributed by atoms with van der Waals surface area (Å²) in [5, 5.41) is 12.1. The predicted octanol–water partition coefficient (Wildman–Crippen LogP) is 5.37. The van der Waals surface area contributed by atoms with Crippen molar-refractivity contribution in [1.29, 1.82) is 0 Å². The first-order valence-electron chi connectivity index (χ1n) is 8.83. The first-order chi connectivity index (χ1) is 12.9. The van der Waals surface area contributed by atoms with Gasteiger partial charge in [-0.25, -0.2) is 8.42 Å². The molecule has 0 aliphatic carbocycles. The first kappa shape index (κ1) is 19.0. The van der Waals surface area contributed by atoms with Gasteiger partial charge in [0.05, 0.1) is 20.5 Å². The van der Waals surface area contributed by atoms with Gasteiger partial charge in [-0.3, -0.25) is 10.1 Å². The van der Waals surface area contributed by atoms with E-state index in [4.69, 9.17) is 0 Å². The fraction of sp³-hybridized carbons (Fsp3) is 0.238. The fourth-order valence-corrected chi connectivity index (χ4v) is 5.28. The molecule has 0 aromatic heterocycles. The van der Waals surface area contributed by atoms with Gasteiger partial charge in [-0.05, 0) is 36.9 Å². The molecule has 0 spiro atoms. The van der Waals surface area contributed by atoms with Crippen molar-refractivity contribution in [2.45, 2.75) is 36.8 Å². The highest BCUT2D eigenvalue weighted by Crippen LogP contribution is 2.41. The van der Waals surface area contributed by atoms with Gasteiger partial charge in [0.1, 0.15) is 0 Å². The summed E-state index contributed by atoms with van der Waals surface area (Å²) in [4.78, 5) is 11.6. The van der Waals surface area contributed by atoms with Gasteiger partial charge in [0.25, 0.3) is 5.69 Å². The lowest BCUT2D eigenvalue weighted by atomic mass is 10.00. The Balaban J connectivity index is 2.25. The summed E-state index contributed by atoms with van der Waals surface area (Å²) in [5.41, 5.74) is 1.08. The zero-order valence-electron chi connectivity index (χ0n) is 15.3. The maximum atomic E-state index is 13.3. The molecule has 3 aromatic rings. The minimum absolute atomic E-state index is 0.123. The molecule has 0 fully saturated rings. The summed E-state index contributed by atoms with van der Waals surface area (Å²) < 4.78 is 26.6. The number of nitro groups is 1. The molecule has 0 saturated heterocycles. The Morgan fingerprint density at radius 2 is 1.67 bits per heavy atom. The first-order valence-corrected chi connectivity index (χ1v) is 10.4. The molecule has 1 atom stereocenters. The van der Waals surface area contributed by atoms with Gasteiger partial charge in [0, 0.05) is 5.56 Å². The molecule has 3 rings (SSSR count). The zero-order chi connectivity index (χ0) is 19.6. The Hall–Kier alpha value is -2.73. The van der Waals surface area contributed by atoms with E-state index in [2.05, 4.69) is 0 Å². The number of rotatable bonds is 6. The summed E-state index contributed by atoms with van der Waals surface area (Å²) in [5.74, 6) is 0. The largest absolute Gasteiger partial charge is 0.281 e. The molecule has 0 aliphatic rings. The van der Waals surface area contributed by atoms with E-state index in [9.17, 15) is 18.5 Å². The van der Waals surface area contributed by atoms with E-state index in [1.165, 1.54) is 0 Å². The third-order valence-electron chi connectivity index (χ3n) is 4.74. The number of hydrogen-bond donors (Lipinski definition) is 0. The molecule has 1 unspecified atom stereocenters. The van der Waals surface area contributed by atoms with E-state index in [0.717, 1.165) is 10.9 Å². The van der Waals surface area contributed by atoms with Crippen molar-refractivity contribution in [3.8, 4) is 0 Å². The Kier molecular flexibility index (Phi) is 5.28. The van der Waals surface area contributed by atoms with Crippen LogP contribution in [0.25, 0.3) is 10.8 Å². The number of benzene rings is 3. The third-order valence-corrected chi connectivity index (χ3v) is 6.90. The van der Waals surface area contributed by atoms with Crippen LogP contribution in [-0.4, -0.2) is 13.3 Å². The van der Waals surface area contributed by atoms with Gasteiger partial charge in [-0.15, -0.1) is 0 Å². The second-order valence-electron chi connectivity index (χ2n) is 6.62. The maximum Gasteiger partial charge on any atom is 0.281 e. The molecule has 0 aliphatic heterocycles. The van der Waals surface area contributed by atoms with Crippen LogP contribution in [0.2, 0.25) is 0 Å². The molecular weight excluding hydrogens is 362 g/mol. The highest BCUT2D eigenvalue weighted by atomic mass is 32.2. The van der Waals surface area contributed by atoms with Crippen LogP contribution in [-0.2, 0) is 9.84 Å². The quantitative estimate of drug-likeness (QED) is 0.423. The van der Waals surface area contributed by atoms with Crippen LogP contribution in [0.4, 0.5) is 5.69 Å². The van der Waals surface area contributed by atoms with Crippen molar-refractivity contribution < 1.29 is 13.3 Å². The molecule has 5 nitrogen and oxygen atoms in total. The summed E-state index contributed by atoms with van der Waals surface area (Å²) in [6, 6.07) is 16.9. The molecule has 0 heterocycles. The highest BCUT2D eigenvalue weighted by Gasteiger charge is 2.34. The molecule has 140 valence electrons. The topological polar surface area (TPSA) is 77.3 Å². The maximum absolute atomic E-state index is 13.3.